The molecule has 108 valence electrons. The van der Waals surface area contributed by atoms with Crippen LogP contribution in [0.2, 0.25) is 0 Å². The van der Waals surface area contributed by atoms with Crippen LogP contribution in [0.25, 0.3) is 0 Å². The lowest BCUT2D eigenvalue weighted by Crippen LogP contribution is -2.48. The van der Waals surface area contributed by atoms with E-state index >= 15 is 0 Å². The van der Waals surface area contributed by atoms with Gasteiger partial charge in [-0.3, -0.25) is 4.79 Å². The molecule has 0 aliphatic carbocycles. The molecule has 1 aliphatic heterocycles. The molecular weight excluding hydrogens is 256 g/mol. The van der Waals surface area contributed by atoms with E-state index in [1.807, 2.05) is 13.8 Å². The van der Waals surface area contributed by atoms with Crippen molar-refractivity contribution in [2.75, 3.05) is 11.9 Å². The van der Waals surface area contributed by atoms with Gasteiger partial charge in [-0.05, 0) is 44.4 Å². The molecule has 0 spiro atoms. The first-order chi connectivity index (χ1) is 9.49. The largest absolute Gasteiger partial charge is 0.478 e. The fourth-order valence-electron chi connectivity index (χ4n) is 2.56. The number of nitrogens with one attached hydrogen (secondary N) is 2. The van der Waals surface area contributed by atoms with Crippen LogP contribution in [0, 0.1) is 12.8 Å². The number of amides is 1. The first kappa shape index (κ1) is 14.5. The fraction of sp³-hybridized carbons (Fsp3) is 0.467. The molecule has 1 aromatic carbocycles. The van der Waals surface area contributed by atoms with Crippen molar-refractivity contribution in [2.24, 2.45) is 5.92 Å². The van der Waals surface area contributed by atoms with Crippen molar-refractivity contribution in [1.82, 2.24) is 5.32 Å². The number of carbonyl (C=O) groups is 2. The van der Waals surface area contributed by atoms with Crippen LogP contribution in [0.4, 0.5) is 5.69 Å². The maximum Gasteiger partial charge on any atom is 0.337 e. The number of benzene rings is 1. The molecule has 0 bridgehead atoms. The lowest BCUT2D eigenvalue weighted by atomic mass is 9.92. The van der Waals surface area contributed by atoms with Crippen molar-refractivity contribution in [3.05, 3.63) is 29.3 Å². The lowest BCUT2D eigenvalue weighted by Gasteiger charge is -2.29. The van der Waals surface area contributed by atoms with Crippen molar-refractivity contribution >= 4 is 17.6 Å². The summed E-state index contributed by atoms with van der Waals surface area (Å²) in [6.07, 6.45) is 2.07. The van der Waals surface area contributed by atoms with Gasteiger partial charge in [-0.2, -0.15) is 0 Å². The molecule has 0 saturated carbocycles. The van der Waals surface area contributed by atoms with Gasteiger partial charge < -0.3 is 15.7 Å². The highest BCUT2D eigenvalue weighted by Crippen LogP contribution is 2.20. The zero-order valence-corrected chi connectivity index (χ0v) is 11.8. The normalized spacial score (nSPS) is 22.3. The number of anilines is 1. The van der Waals surface area contributed by atoms with Crippen LogP contribution in [-0.2, 0) is 4.79 Å². The van der Waals surface area contributed by atoms with Crippen molar-refractivity contribution in [3.8, 4) is 0 Å². The second kappa shape index (κ2) is 6.05. The van der Waals surface area contributed by atoms with Gasteiger partial charge in [0, 0.05) is 0 Å². The number of hydrogen-bond acceptors (Lipinski definition) is 3. The standard InChI is InChI=1S/C15H20N2O3/c1-9-5-6-12(11(8-9)15(19)20)17-14(18)13-10(2)4-3-7-16-13/h5-6,8,10,13,16H,3-4,7H2,1-2H3,(H,17,18)(H,19,20). The van der Waals surface area contributed by atoms with Gasteiger partial charge in [0.25, 0.3) is 0 Å². The summed E-state index contributed by atoms with van der Waals surface area (Å²) in [5, 5.41) is 15.1. The first-order valence-corrected chi connectivity index (χ1v) is 6.87. The highest BCUT2D eigenvalue weighted by atomic mass is 16.4. The van der Waals surface area contributed by atoms with Gasteiger partial charge >= 0.3 is 5.97 Å². The fourth-order valence-corrected chi connectivity index (χ4v) is 2.56. The van der Waals surface area contributed by atoms with Gasteiger partial charge in [-0.25, -0.2) is 4.79 Å². The molecule has 2 atom stereocenters. The van der Waals surface area contributed by atoms with E-state index in [4.69, 9.17) is 0 Å². The third-order valence-electron chi connectivity index (χ3n) is 3.72. The van der Waals surface area contributed by atoms with Crippen molar-refractivity contribution < 1.29 is 14.7 Å². The first-order valence-electron chi connectivity index (χ1n) is 6.87. The third-order valence-corrected chi connectivity index (χ3v) is 3.72. The summed E-state index contributed by atoms with van der Waals surface area (Å²) < 4.78 is 0. The predicted octanol–water partition coefficient (Wildman–Crippen LogP) is 2.02. The van der Waals surface area contributed by atoms with Gasteiger partial charge in [-0.15, -0.1) is 0 Å². The number of rotatable bonds is 3. The molecule has 0 aromatic heterocycles. The number of carbonyl (C=O) groups excluding carboxylic acids is 1. The third kappa shape index (κ3) is 3.17. The number of piperidine rings is 1. The molecule has 1 fully saturated rings. The van der Waals surface area contributed by atoms with Crippen molar-refractivity contribution in [3.63, 3.8) is 0 Å². The number of carboxylic acids is 1. The quantitative estimate of drug-likeness (QED) is 0.789. The second-order valence-electron chi connectivity index (χ2n) is 5.39. The van der Waals surface area contributed by atoms with E-state index in [1.165, 1.54) is 0 Å². The smallest absolute Gasteiger partial charge is 0.337 e. The summed E-state index contributed by atoms with van der Waals surface area (Å²) in [6, 6.07) is 4.74. The minimum Gasteiger partial charge on any atom is -0.478 e. The SMILES string of the molecule is Cc1ccc(NC(=O)C2NCCCC2C)c(C(=O)O)c1. The Hall–Kier alpha value is -1.88. The van der Waals surface area contributed by atoms with Crippen LogP contribution in [-0.4, -0.2) is 29.6 Å². The number of carboxylic acid groups (broad SMARTS) is 1. The molecular formula is C15H20N2O3. The molecule has 5 heteroatoms. The van der Waals surface area contributed by atoms with E-state index in [2.05, 4.69) is 10.6 Å². The van der Waals surface area contributed by atoms with Crippen molar-refractivity contribution in [1.29, 1.82) is 0 Å². The molecule has 2 unspecified atom stereocenters. The molecule has 1 amide bonds. The molecule has 1 aromatic rings. The van der Waals surface area contributed by atoms with E-state index in [-0.39, 0.29) is 23.4 Å². The monoisotopic (exact) mass is 276 g/mol. The van der Waals surface area contributed by atoms with Crippen LogP contribution in [0.3, 0.4) is 0 Å². The molecule has 1 saturated heterocycles. The van der Waals surface area contributed by atoms with E-state index in [0.717, 1.165) is 24.9 Å². The van der Waals surface area contributed by atoms with Crippen LogP contribution in [0.5, 0.6) is 0 Å². The Morgan fingerprint density at radius 2 is 2.15 bits per heavy atom. The highest BCUT2D eigenvalue weighted by Gasteiger charge is 2.28. The van der Waals surface area contributed by atoms with Crippen LogP contribution >= 0.6 is 0 Å². The average molecular weight is 276 g/mol. The Morgan fingerprint density at radius 1 is 1.40 bits per heavy atom. The second-order valence-corrected chi connectivity index (χ2v) is 5.39. The predicted molar refractivity (Wildman–Crippen MR) is 77.0 cm³/mol. The van der Waals surface area contributed by atoms with Crippen LogP contribution in [0.15, 0.2) is 18.2 Å². The maximum absolute atomic E-state index is 12.3. The van der Waals surface area contributed by atoms with Gasteiger partial charge in [-0.1, -0.05) is 18.6 Å². The summed E-state index contributed by atoms with van der Waals surface area (Å²) in [7, 11) is 0. The van der Waals surface area contributed by atoms with Crippen LogP contribution < -0.4 is 10.6 Å². The summed E-state index contributed by atoms with van der Waals surface area (Å²) in [5.41, 5.74) is 1.33. The number of aryl methyl sites for hydroxylation is 1. The molecule has 5 nitrogen and oxygen atoms in total. The van der Waals surface area contributed by atoms with Gasteiger partial charge in [0.2, 0.25) is 5.91 Å². The summed E-state index contributed by atoms with van der Waals surface area (Å²) in [4.78, 5) is 23.5. The summed E-state index contributed by atoms with van der Waals surface area (Å²) >= 11 is 0. The lowest BCUT2D eigenvalue weighted by molar-refractivity contribution is -0.119. The number of hydrogen-bond donors (Lipinski definition) is 3. The summed E-state index contributed by atoms with van der Waals surface area (Å²) in [6.45, 7) is 4.68. The zero-order chi connectivity index (χ0) is 14.7. The van der Waals surface area contributed by atoms with Crippen molar-refractivity contribution in [2.45, 2.75) is 32.7 Å². The molecule has 3 N–H and O–H groups in total. The Balaban J connectivity index is 2.17. The average Bonchev–Trinajstić information content (AvgIpc) is 2.41. The van der Waals surface area contributed by atoms with Gasteiger partial charge in [0.15, 0.2) is 0 Å². The molecule has 2 rings (SSSR count). The minimum absolute atomic E-state index is 0.127. The molecule has 1 heterocycles. The summed E-state index contributed by atoms with van der Waals surface area (Å²) in [5.74, 6) is -0.945. The minimum atomic E-state index is -1.03. The van der Waals surface area contributed by atoms with Gasteiger partial charge in [0.1, 0.15) is 0 Å². The highest BCUT2D eigenvalue weighted by molar-refractivity contribution is 6.02. The molecule has 20 heavy (non-hydrogen) atoms. The van der Waals surface area contributed by atoms with E-state index in [1.54, 1.807) is 18.2 Å². The Morgan fingerprint density at radius 3 is 2.80 bits per heavy atom. The van der Waals surface area contributed by atoms with Gasteiger partial charge in [0.05, 0.1) is 17.3 Å². The van der Waals surface area contributed by atoms with E-state index in [9.17, 15) is 14.7 Å². The number of aromatic carboxylic acids is 1. The van der Waals surface area contributed by atoms with Crippen LogP contribution in [0.1, 0.15) is 35.7 Å². The zero-order valence-electron chi connectivity index (χ0n) is 11.8. The maximum atomic E-state index is 12.3. The molecule has 0 radical (unpaired) electrons. The van der Waals surface area contributed by atoms with E-state index in [0.29, 0.717) is 5.69 Å². The molecule has 1 aliphatic rings. The Kier molecular flexibility index (Phi) is 4.39. The van der Waals surface area contributed by atoms with E-state index < -0.39 is 5.97 Å². The Labute approximate surface area is 118 Å². The topological polar surface area (TPSA) is 78.4 Å². The Bertz CT molecular complexity index is 528.